The van der Waals surface area contributed by atoms with Gasteiger partial charge in [-0.15, -0.1) is 24.0 Å². The maximum atomic E-state index is 11.8. The lowest BCUT2D eigenvalue weighted by molar-refractivity contribution is 0.313. The van der Waals surface area contributed by atoms with E-state index in [1.807, 2.05) is 6.92 Å². The fourth-order valence-electron chi connectivity index (χ4n) is 2.74. The number of sulfonamides is 1. The van der Waals surface area contributed by atoms with E-state index in [1.54, 1.807) is 24.3 Å². The molecule has 0 amide bonds. The summed E-state index contributed by atoms with van der Waals surface area (Å²) in [6.45, 7) is 8.59. The molecule has 0 aliphatic carbocycles. The van der Waals surface area contributed by atoms with Crippen molar-refractivity contribution in [2.24, 2.45) is 4.99 Å². The molecular weight excluding hydrogens is 527 g/mol. The lowest BCUT2D eigenvalue weighted by Crippen LogP contribution is -2.36. The van der Waals surface area contributed by atoms with Crippen LogP contribution in [0.15, 0.2) is 52.4 Å². The second-order valence-corrected chi connectivity index (χ2v) is 8.75. The third kappa shape index (κ3) is 8.66. The molecule has 0 spiro atoms. The van der Waals surface area contributed by atoms with Crippen LogP contribution in [0, 0.1) is 6.92 Å². The first-order valence-corrected chi connectivity index (χ1v) is 11.6. The molecule has 0 fully saturated rings. The lowest BCUT2D eigenvalue weighted by atomic mass is 10.1. The summed E-state index contributed by atoms with van der Waals surface area (Å²) in [6.07, 6.45) is 0.958. The molecule has 172 valence electrons. The molecule has 0 aromatic heterocycles. The number of benzene rings is 2. The molecule has 2 aromatic rings. The highest BCUT2D eigenvalue weighted by atomic mass is 127. The summed E-state index contributed by atoms with van der Waals surface area (Å²) >= 11 is 0. The molecule has 3 N–H and O–H groups in total. The Hall–Kier alpha value is -1.85. The summed E-state index contributed by atoms with van der Waals surface area (Å²) in [5.74, 6) is 1.58. The summed E-state index contributed by atoms with van der Waals surface area (Å²) in [4.78, 5) is 4.85. The average Bonchev–Trinajstić information content (AvgIpc) is 2.75. The molecule has 0 atom stereocenters. The van der Waals surface area contributed by atoms with Crippen molar-refractivity contribution < 1.29 is 13.2 Å². The van der Waals surface area contributed by atoms with Gasteiger partial charge in [-0.25, -0.2) is 18.1 Å². The van der Waals surface area contributed by atoms with Gasteiger partial charge in [-0.2, -0.15) is 0 Å². The topological polar surface area (TPSA) is 91.8 Å². The first-order chi connectivity index (χ1) is 14.4. The molecule has 0 unspecified atom stereocenters. The standard InChI is InChI=1S/C22H32N4O3S.HI/c1-5-13-29-21-14-17(3)7-10-19(21)16-26-22(24-6-2)25-15-18-8-11-20(12-9-18)30(27,28)23-4;/h7-12,14,23H,5-6,13,15-16H2,1-4H3,(H2,24,25,26);1H. The van der Waals surface area contributed by atoms with Crippen LogP contribution in [-0.4, -0.2) is 34.6 Å². The number of nitrogens with zero attached hydrogens (tertiary/aromatic N) is 1. The molecule has 0 aliphatic heterocycles. The molecule has 0 radical (unpaired) electrons. The van der Waals surface area contributed by atoms with Crippen LogP contribution in [-0.2, 0) is 23.1 Å². The maximum absolute atomic E-state index is 11.8. The fraction of sp³-hybridized carbons (Fsp3) is 0.409. The summed E-state index contributed by atoms with van der Waals surface area (Å²) in [6, 6.07) is 12.9. The first-order valence-electron chi connectivity index (χ1n) is 10.2. The Morgan fingerprint density at radius 3 is 2.39 bits per heavy atom. The second-order valence-electron chi connectivity index (χ2n) is 6.86. The summed E-state index contributed by atoms with van der Waals surface area (Å²) in [5.41, 5.74) is 3.15. The van der Waals surface area contributed by atoms with Gasteiger partial charge in [0.2, 0.25) is 10.0 Å². The first kappa shape index (κ1) is 27.2. The van der Waals surface area contributed by atoms with Gasteiger partial charge < -0.3 is 15.4 Å². The molecule has 2 rings (SSSR count). The number of ether oxygens (including phenoxy) is 1. The number of hydrogen-bond acceptors (Lipinski definition) is 4. The minimum absolute atomic E-state index is 0. The number of aliphatic imine (C=N–C) groups is 1. The number of halogens is 1. The molecule has 0 aliphatic rings. The van der Waals surface area contributed by atoms with E-state index in [0.29, 0.717) is 25.7 Å². The van der Waals surface area contributed by atoms with Gasteiger partial charge in [0.05, 0.1) is 18.0 Å². The van der Waals surface area contributed by atoms with Crippen molar-refractivity contribution in [1.29, 1.82) is 0 Å². The molecule has 0 saturated carbocycles. The molecule has 9 heteroatoms. The zero-order valence-corrected chi connectivity index (χ0v) is 21.7. The maximum Gasteiger partial charge on any atom is 0.240 e. The molecule has 7 nitrogen and oxygen atoms in total. The van der Waals surface area contributed by atoms with Crippen molar-refractivity contribution in [3.63, 3.8) is 0 Å². The van der Waals surface area contributed by atoms with E-state index in [4.69, 9.17) is 4.74 Å². The Morgan fingerprint density at radius 2 is 1.77 bits per heavy atom. The Bertz CT molecular complexity index is 948. The van der Waals surface area contributed by atoms with Gasteiger partial charge in [0.1, 0.15) is 5.75 Å². The molecular formula is C22H33IN4O3S. The van der Waals surface area contributed by atoms with Gasteiger partial charge in [-0.3, -0.25) is 0 Å². The predicted octanol–water partition coefficient (Wildman–Crippen LogP) is 3.57. The van der Waals surface area contributed by atoms with Crippen molar-refractivity contribution in [2.75, 3.05) is 20.2 Å². The van der Waals surface area contributed by atoms with E-state index in [-0.39, 0.29) is 28.9 Å². The van der Waals surface area contributed by atoms with Gasteiger partial charge in [0.15, 0.2) is 5.96 Å². The van der Waals surface area contributed by atoms with E-state index in [9.17, 15) is 8.42 Å². The van der Waals surface area contributed by atoms with Crippen LogP contribution < -0.4 is 20.1 Å². The highest BCUT2D eigenvalue weighted by Crippen LogP contribution is 2.20. The molecule has 0 saturated heterocycles. The zero-order valence-electron chi connectivity index (χ0n) is 18.6. The van der Waals surface area contributed by atoms with Crippen molar-refractivity contribution in [2.45, 2.75) is 45.2 Å². The zero-order chi connectivity index (χ0) is 22.0. The van der Waals surface area contributed by atoms with Crippen LogP contribution in [0.5, 0.6) is 5.75 Å². The van der Waals surface area contributed by atoms with Gasteiger partial charge in [0, 0.05) is 18.7 Å². The van der Waals surface area contributed by atoms with E-state index in [2.05, 4.69) is 52.4 Å². The van der Waals surface area contributed by atoms with Crippen LogP contribution in [0.2, 0.25) is 0 Å². The molecule has 31 heavy (non-hydrogen) atoms. The highest BCUT2D eigenvalue weighted by molar-refractivity contribution is 14.0. The van der Waals surface area contributed by atoms with Gasteiger partial charge in [0.25, 0.3) is 0 Å². The SMILES string of the molecule is CCCOc1cc(C)ccc1CNC(=NCc1ccc(S(=O)(=O)NC)cc1)NCC.I. The van der Waals surface area contributed by atoms with Crippen LogP contribution >= 0.6 is 24.0 Å². The van der Waals surface area contributed by atoms with Crippen LogP contribution in [0.25, 0.3) is 0 Å². The van der Waals surface area contributed by atoms with E-state index in [0.717, 1.165) is 35.4 Å². The third-order valence-electron chi connectivity index (χ3n) is 4.40. The monoisotopic (exact) mass is 560 g/mol. The molecule has 0 heterocycles. The van der Waals surface area contributed by atoms with Crippen LogP contribution in [0.4, 0.5) is 0 Å². The predicted molar refractivity (Wildman–Crippen MR) is 137 cm³/mol. The van der Waals surface area contributed by atoms with Gasteiger partial charge >= 0.3 is 0 Å². The van der Waals surface area contributed by atoms with Crippen molar-refractivity contribution >= 4 is 40.0 Å². The second kappa shape index (κ2) is 13.5. The summed E-state index contributed by atoms with van der Waals surface area (Å²) < 4.78 is 31.9. The normalized spacial score (nSPS) is 11.5. The quantitative estimate of drug-likeness (QED) is 0.235. The fourth-order valence-corrected chi connectivity index (χ4v) is 3.47. The lowest BCUT2D eigenvalue weighted by Gasteiger charge is -2.15. The Morgan fingerprint density at radius 1 is 1.06 bits per heavy atom. The largest absolute Gasteiger partial charge is 0.493 e. The van der Waals surface area contributed by atoms with Gasteiger partial charge in [-0.1, -0.05) is 31.2 Å². The van der Waals surface area contributed by atoms with Crippen LogP contribution in [0.3, 0.4) is 0 Å². The van der Waals surface area contributed by atoms with E-state index >= 15 is 0 Å². The summed E-state index contributed by atoms with van der Waals surface area (Å²) in [5, 5.41) is 6.58. The Kier molecular flexibility index (Phi) is 11.9. The van der Waals surface area contributed by atoms with E-state index < -0.39 is 10.0 Å². The van der Waals surface area contributed by atoms with Gasteiger partial charge in [-0.05, 0) is 56.6 Å². The smallest absolute Gasteiger partial charge is 0.240 e. The van der Waals surface area contributed by atoms with E-state index in [1.165, 1.54) is 7.05 Å². The Labute approximate surface area is 203 Å². The average molecular weight is 561 g/mol. The minimum Gasteiger partial charge on any atom is -0.493 e. The number of hydrogen-bond donors (Lipinski definition) is 3. The minimum atomic E-state index is -3.43. The molecule has 0 bridgehead atoms. The summed E-state index contributed by atoms with van der Waals surface area (Å²) in [7, 11) is -2.03. The Balaban J connectivity index is 0.00000480. The van der Waals surface area contributed by atoms with Crippen molar-refractivity contribution in [3.8, 4) is 5.75 Å². The number of aryl methyl sites for hydroxylation is 1. The molecule has 2 aromatic carbocycles. The highest BCUT2D eigenvalue weighted by Gasteiger charge is 2.10. The number of guanidine groups is 1. The third-order valence-corrected chi connectivity index (χ3v) is 5.83. The number of nitrogens with one attached hydrogen (secondary N) is 3. The number of rotatable bonds is 10. The van der Waals surface area contributed by atoms with Crippen LogP contribution in [0.1, 0.15) is 37.0 Å². The van der Waals surface area contributed by atoms with Crippen molar-refractivity contribution in [1.82, 2.24) is 15.4 Å². The van der Waals surface area contributed by atoms with Crippen molar-refractivity contribution in [3.05, 3.63) is 59.2 Å².